The second-order valence-corrected chi connectivity index (χ2v) is 12.7. The Morgan fingerprint density at radius 1 is 1.11 bits per heavy atom. The third kappa shape index (κ3) is 5.67. The molecule has 4 rings (SSSR count). The van der Waals surface area contributed by atoms with Crippen LogP contribution in [0.15, 0.2) is 52.0 Å². The van der Waals surface area contributed by atoms with Gasteiger partial charge in [-0.1, -0.05) is 31.4 Å². The zero-order valence-electron chi connectivity index (χ0n) is 23.6. The van der Waals surface area contributed by atoms with Gasteiger partial charge in [0.2, 0.25) is 5.95 Å². The molecule has 0 radical (unpaired) electrons. The number of nitrogens with zero attached hydrogens (tertiary/aromatic N) is 2. The first-order valence-corrected chi connectivity index (χ1v) is 14.4. The van der Waals surface area contributed by atoms with Crippen LogP contribution in [0.4, 0.5) is 23.1 Å². The van der Waals surface area contributed by atoms with Crippen LogP contribution in [-0.4, -0.2) is 30.7 Å². The number of hydrogen-bond donors (Lipinski definition) is 2. The number of anilines is 4. The normalized spacial score (nSPS) is 16.2. The van der Waals surface area contributed by atoms with E-state index in [1.807, 2.05) is 19.1 Å². The Morgan fingerprint density at radius 3 is 2.58 bits per heavy atom. The van der Waals surface area contributed by atoms with Gasteiger partial charge in [0, 0.05) is 6.20 Å². The van der Waals surface area contributed by atoms with E-state index in [0.29, 0.717) is 27.6 Å². The van der Waals surface area contributed by atoms with E-state index in [2.05, 4.69) is 36.5 Å². The Balaban J connectivity index is 1.68. The second kappa shape index (κ2) is 11.2. The monoisotopic (exact) mass is 575 g/mol. The molecule has 2 N–H and O–H groups in total. The molecular weight excluding hydrogens is 540 g/mol. The quantitative estimate of drug-likeness (QED) is 0.291. The number of halogens is 1. The Hall–Kier alpha value is -2.65. The maximum absolute atomic E-state index is 12.9. The number of aryl methyl sites for hydroxylation is 1. The van der Waals surface area contributed by atoms with Crippen LogP contribution in [-0.2, 0) is 9.84 Å². The molecule has 0 aliphatic heterocycles. The lowest BCUT2D eigenvalue weighted by Gasteiger charge is -2.25. The molecule has 7 nitrogen and oxygen atoms in total. The lowest BCUT2D eigenvalue weighted by Crippen LogP contribution is -2.15. The summed E-state index contributed by atoms with van der Waals surface area (Å²) in [6.07, 6.45) is 7.20. The summed E-state index contributed by atoms with van der Waals surface area (Å²) >= 11 is 3.43. The van der Waals surface area contributed by atoms with Crippen LogP contribution in [0, 0.1) is 6.92 Å². The molecule has 1 fully saturated rings. The Labute approximate surface area is 226 Å². The molecule has 1 aliphatic rings. The molecule has 0 bridgehead atoms. The van der Waals surface area contributed by atoms with E-state index in [9.17, 15) is 8.42 Å². The number of benzene rings is 2. The van der Waals surface area contributed by atoms with Crippen molar-refractivity contribution in [1.29, 1.82) is 0 Å². The van der Waals surface area contributed by atoms with Gasteiger partial charge in [-0.2, -0.15) is 4.98 Å². The van der Waals surface area contributed by atoms with Crippen LogP contribution in [0.1, 0.15) is 67.1 Å². The summed E-state index contributed by atoms with van der Waals surface area (Å²) in [6, 6.07) is 10.3. The lowest BCUT2D eigenvalue weighted by atomic mass is 9.82. The second-order valence-electron chi connectivity index (χ2n) is 9.37. The molecule has 0 unspecified atom stereocenters. The van der Waals surface area contributed by atoms with Crippen LogP contribution < -0.4 is 15.4 Å². The zero-order chi connectivity index (χ0) is 28.4. The van der Waals surface area contributed by atoms with Crippen molar-refractivity contribution in [3.05, 3.63) is 58.2 Å². The molecule has 1 aromatic heterocycles. The smallest absolute Gasteiger partial charge is 0.229 e. The fourth-order valence-corrected chi connectivity index (χ4v) is 6.07. The zero-order valence-corrected chi connectivity index (χ0v) is 23.0. The lowest BCUT2D eigenvalue weighted by molar-refractivity contribution is 0.411. The van der Waals surface area contributed by atoms with Crippen molar-refractivity contribution in [2.75, 3.05) is 17.7 Å². The van der Waals surface area contributed by atoms with Gasteiger partial charge in [0.15, 0.2) is 9.84 Å². The fraction of sp³-hybridized carbons (Fsp3) is 0.407. The number of para-hydroxylation sites is 1. The number of nitrogens with one attached hydrogen (secondary N) is 2. The summed E-state index contributed by atoms with van der Waals surface area (Å²) < 4.78 is 54.8. The Kier molecular flexibility index (Phi) is 6.99. The van der Waals surface area contributed by atoms with Crippen molar-refractivity contribution in [3.8, 4) is 5.75 Å². The van der Waals surface area contributed by atoms with E-state index < -0.39 is 22.1 Å². The summed E-state index contributed by atoms with van der Waals surface area (Å²) in [7, 11) is -6.18. The molecule has 1 aliphatic carbocycles. The molecule has 192 valence electrons. The van der Waals surface area contributed by atoms with E-state index in [-0.39, 0.29) is 16.6 Å². The first-order valence-electron chi connectivity index (χ1n) is 13.6. The summed E-state index contributed by atoms with van der Waals surface area (Å²) in [5.41, 5.74) is 2.95. The summed E-state index contributed by atoms with van der Waals surface area (Å²) in [5.74, 6) is 1.10. The van der Waals surface area contributed by atoms with Crippen molar-refractivity contribution in [2.24, 2.45) is 0 Å². The molecule has 1 saturated carbocycles. The Morgan fingerprint density at radius 2 is 1.86 bits per heavy atom. The number of rotatable bonds is 8. The number of hydrogen-bond acceptors (Lipinski definition) is 7. The van der Waals surface area contributed by atoms with Gasteiger partial charge < -0.3 is 15.4 Å². The molecule has 36 heavy (non-hydrogen) atoms. The minimum absolute atomic E-state index is 0.169. The van der Waals surface area contributed by atoms with Crippen molar-refractivity contribution >= 4 is 48.9 Å². The number of ether oxygens (including phenoxy) is 1. The van der Waals surface area contributed by atoms with E-state index in [0.717, 1.165) is 36.8 Å². The van der Waals surface area contributed by atoms with Crippen LogP contribution in [0.2, 0.25) is 0 Å². The van der Waals surface area contributed by atoms with Gasteiger partial charge in [-0.3, -0.25) is 0 Å². The molecule has 1 heterocycles. The van der Waals surface area contributed by atoms with Crippen molar-refractivity contribution in [3.63, 3.8) is 0 Å². The SMILES string of the molecule is [2H]C([2H])([2H])Oc1cc(C2CCCCC2)c(C)cc1Nc1ncc(Br)c(Nc2ccccc2S(=O)(=O)C(C)C)n1. The van der Waals surface area contributed by atoms with Gasteiger partial charge in [0.1, 0.15) is 11.6 Å². The molecule has 9 heteroatoms. The molecule has 0 saturated heterocycles. The van der Waals surface area contributed by atoms with E-state index >= 15 is 0 Å². The largest absolute Gasteiger partial charge is 0.495 e. The Bertz CT molecular complexity index is 1440. The molecular formula is C27H33BrN4O3S. The van der Waals surface area contributed by atoms with Gasteiger partial charge in [-0.05, 0) is 90.9 Å². The van der Waals surface area contributed by atoms with Crippen molar-refractivity contribution in [2.45, 2.75) is 68.9 Å². The summed E-state index contributed by atoms with van der Waals surface area (Å²) in [4.78, 5) is 9.04. The van der Waals surface area contributed by atoms with Gasteiger partial charge >= 0.3 is 0 Å². The third-order valence-corrected chi connectivity index (χ3v) is 9.37. The summed E-state index contributed by atoms with van der Waals surface area (Å²) in [5, 5.41) is 5.62. The molecule has 0 spiro atoms. The van der Waals surface area contributed by atoms with Crippen LogP contribution in [0.5, 0.6) is 5.75 Å². The average Bonchev–Trinajstić information content (AvgIpc) is 2.87. The number of sulfone groups is 1. The predicted molar refractivity (Wildman–Crippen MR) is 149 cm³/mol. The van der Waals surface area contributed by atoms with E-state index in [1.165, 1.54) is 12.6 Å². The minimum Gasteiger partial charge on any atom is -0.495 e. The van der Waals surface area contributed by atoms with Gasteiger partial charge in [0.05, 0.1) is 37.1 Å². The van der Waals surface area contributed by atoms with Crippen LogP contribution >= 0.6 is 15.9 Å². The highest BCUT2D eigenvalue weighted by Crippen LogP contribution is 2.39. The van der Waals surface area contributed by atoms with Crippen molar-refractivity contribution in [1.82, 2.24) is 9.97 Å². The maximum atomic E-state index is 12.9. The minimum atomic E-state index is -3.55. The van der Waals surface area contributed by atoms with Crippen molar-refractivity contribution < 1.29 is 17.3 Å². The van der Waals surface area contributed by atoms with Gasteiger partial charge in [-0.25, -0.2) is 13.4 Å². The van der Waals surface area contributed by atoms with E-state index in [4.69, 9.17) is 8.85 Å². The highest BCUT2D eigenvalue weighted by molar-refractivity contribution is 9.10. The molecule has 0 amide bonds. The topological polar surface area (TPSA) is 93.2 Å². The van der Waals surface area contributed by atoms with Crippen LogP contribution in [0.25, 0.3) is 0 Å². The maximum Gasteiger partial charge on any atom is 0.229 e. The van der Waals surface area contributed by atoms with E-state index in [1.54, 1.807) is 38.1 Å². The van der Waals surface area contributed by atoms with Crippen LogP contribution in [0.3, 0.4) is 0 Å². The third-order valence-electron chi connectivity index (χ3n) is 6.58. The number of aromatic nitrogens is 2. The number of methoxy groups -OCH3 is 1. The molecule has 3 aromatic rings. The van der Waals surface area contributed by atoms with Gasteiger partial charge in [-0.15, -0.1) is 0 Å². The van der Waals surface area contributed by atoms with Gasteiger partial charge in [0.25, 0.3) is 0 Å². The summed E-state index contributed by atoms with van der Waals surface area (Å²) in [6.45, 7) is 5.28. The molecule has 2 aromatic carbocycles. The fourth-order valence-electron chi connectivity index (χ4n) is 4.57. The standard InChI is InChI=1S/C27H33BrN4O3S/c1-17(2)36(33,34)25-13-9-8-12-22(25)30-26-21(28)16-29-27(32-26)31-23-14-18(3)20(15-24(23)35-4)19-10-6-5-7-11-19/h8-9,12-17,19H,5-7,10-11H2,1-4H3,(H2,29,30,31,32)/i4D3. The first kappa shape index (κ1) is 22.5. The predicted octanol–water partition coefficient (Wildman–Crippen LogP) is 7.27. The first-order chi connectivity index (χ1) is 18.3. The molecule has 0 atom stereocenters. The average molecular weight is 577 g/mol. The highest BCUT2D eigenvalue weighted by Gasteiger charge is 2.23. The highest BCUT2D eigenvalue weighted by atomic mass is 79.9.